The second kappa shape index (κ2) is 12.8. The van der Waals surface area contributed by atoms with Crippen LogP contribution in [0.4, 0.5) is 9.18 Å². The molecule has 1 rings (SSSR count). The summed E-state index contributed by atoms with van der Waals surface area (Å²) in [6.45, 7) is 16.1. The van der Waals surface area contributed by atoms with Gasteiger partial charge in [-0.1, -0.05) is 33.6 Å². The fraction of sp³-hybridized carbons (Fsp3) is 0.524. The molecule has 1 atom stereocenters. The number of likely N-dealkylation sites (tertiary alicyclic amines) is 1. The van der Waals surface area contributed by atoms with E-state index in [1.807, 2.05) is 13.8 Å². The maximum Gasteiger partial charge on any atom is 0.407 e. The molecule has 0 bridgehead atoms. The number of amides is 2. The Bertz CT molecular complexity index is 651. The quantitative estimate of drug-likeness (QED) is 0.230. The van der Waals surface area contributed by atoms with E-state index in [2.05, 4.69) is 25.1 Å². The molecule has 0 spiro atoms. The highest BCUT2D eigenvalue weighted by atomic mass is 19.1. The number of hydrogen-bond donors (Lipinski definition) is 1. The number of rotatable bonds is 12. The van der Waals surface area contributed by atoms with Crippen molar-refractivity contribution in [3.63, 3.8) is 0 Å². The maximum atomic E-state index is 13.1. The first-order chi connectivity index (χ1) is 13.7. The van der Waals surface area contributed by atoms with Crippen LogP contribution in [0.3, 0.4) is 0 Å². The van der Waals surface area contributed by atoms with E-state index < -0.39 is 11.9 Å². The Morgan fingerprint density at radius 1 is 1.24 bits per heavy atom. The van der Waals surface area contributed by atoms with E-state index in [-0.39, 0.29) is 45.7 Å². The van der Waals surface area contributed by atoms with E-state index in [1.165, 1.54) is 12.2 Å². The summed E-state index contributed by atoms with van der Waals surface area (Å²) < 4.78 is 29.0. The van der Waals surface area contributed by atoms with Crippen molar-refractivity contribution in [3.05, 3.63) is 49.0 Å². The lowest BCUT2D eigenvalue weighted by Crippen LogP contribution is -2.38. The topological polar surface area (TPSA) is 77.1 Å². The number of halogens is 1. The van der Waals surface area contributed by atoms with Crippen LogP contribution in [0.5, 0.6) is 0 Å². The smallest absolute Gasteiger partial charge is 0.407 e. The van der Waals surface area contributed by atoms with Gasteiger partial charge in [0.05, 0.1) is 19.3 Å². The van der Waals surface area contributed by atoms with Gasteiger partial charge in [0.2, 0.25) is 5.91 Å². The van der Waals surface area contributed by atoms with Crippen LogP contribution in [-0.2, 0) is 19.0 Å². The average Bonchev–Trinajstić information content (AvgIpc) is 3.12. The second-order valence-corrected chi connectivity index (χ2v) is 6.85. The minimum Gasteiger partial charge on any atom is -0.491 e. The Balaban J connectivity index is 0.00000841. The summed E-state index contributed by atoms with van der Waals surface area (Å²) in [7, 11) is 0. The summed E-state index contributed by atoms with van der Waals surface area (Å²) in [5, 5.41) is 2.72. The molecule has 1 unspecified atom stereocenters. The van der Waals surface area contributed by atoms with Crippen LogP contribution >= 0.6 is 0 Å². The van der Waals surface area contributed by atoms with E-state index in [1.54, 1.807) is 4.90 Å². The first kappa shape index (κ1) is 24.4. The number of carbonyl (C=O) groups excluding carboxylic acids is 2. The highest BCUT2D eigenvalue weighted by molar-refractivity contribution is 5.87. The minimum atomic E-state index is -0.610. The molecule has 0 radical (unpaired) electrons. The summed E-state index contributed by atoms with van der Waals surface area (Å²) in [5.41, 5.74) is 0.670. The Hall–Kier alpha value is -2.61. The van der Waals surface area contributed by atoms with Crippen LogP contribution in [-0.4, -0.2) is 62.5 Å². The van der Waals surface area contributed by atoms with E-state index in [0.29, 0.717) is 30.8 Å². The van der Waals surface area contributed by atoms with Crippen LogP contribution in [0.1, 0.15) is 21.7 Å². The summed E-state index contributed by atoms with van der Waals surface area (Å²) in [6, 6.07) is -0.134. The van der Waals surface area contributed by atoms with Gasteiger partial charge in [-0.15, -0.1) is 0 Å². The molecule has 0 aliphatic carbocycles. The molecular formula is C21H33FN2O5. The molecule has 164 valence electrons. The highest BCUT2D eigenvalue weighted by Crippen LogP contribution is 2.20. The first-order valence-corrected chi connectivity index (χ1v) is 9.55. The zero-order chi connectivity index (χ0) is 21.8. The van der Waals surface area contributed by atoms with Crippen LogP contribution in [0, 0.1) is 5.92 Å². The fourth-order valence-corrected chi connectivity index (χ4v) is 2.58. The largest absolute Gasteiger partial charge is 0.491 e. The number of allylic oxidation sites excluding steroid dienone is 3. The normalized spacial score (nSPS) is 16.5. The Morgan fingerprint density at radius 2 is 1.90 bits per heavy atom. The predicted molar refractivity (Wildman–Crippen MR) is 111 cm³/mol. The monoisotopic (exact) mass is 412 g/mol. The first-order valence-electron chi connectivity index (χ1n) is 9.55. The van der Waals surface area contributed by atoms with E-state index in [9.17, 15) is 14.0 Å². The minimum absolute atomic E-state index is 0. The molecule has 0 saturated carbocycles. The van der Waals surface area contributed by atoms with Crippen molar-refractivity contribution in [1.29, 1.82) is 0 Å². The SMILES string of the molecule is C=CC(=O)N1CCC(NC(=O)OCCOCCO/C(=C/C(=C)F)C(=C)C(C)C)C1.[HH]. The zero-order valence-electron chi connectivity index (χ0n) is 17.2. The standard InChI is InChI=1S/C21H31FN2O5.H2/c1-6-20(25)24-8-7-18(14-24)23-21(26)29-12-10-27-9-11-28-19(13-16(4)22)17(5)15(2)3;/h6,13,15,18H,1,4-5,7-12,14H2,2-3H3,(H,23,26);1H/b19-13+;. The van der Waals surface area contributed by atoms with Gasteiger partial charge in [-0.3, -0.25) is 4.79 Å². The maximum absolute atomic E-state index is 13.1. The van der Waals surface area contributed by atoms with Gasteiger partial charge in [0, 0.05) is 20.6 Å². The molecule has 0 aromatic carbocycles. The van der Waals surface area contributed by atoms with Gasteiger partial charge < -0.3 is 24.4 Å². The third-order valence-electron chi connectivity index (χ3n) is 4.24. The van der Waals surface area contributed by atoms with Crippen molar-refractivity contribution in [2.75, 3.05) is 39.5 Å². The molecule has 1 aliphatic rings. The molecule has 7 nitrogen and oxygen atoms in total. The van der Waals surface area contributed by atoms with Crippen molar-refractivity contribution in [1.82, 2.24) is 10.2 Å². The summed E-state index contributed by atoms with van der Waals surface area (Å²) in [6.07, 6.45) is 2.57. The van der Waals surface area contributed by atoms with Gasteiger partial charge in [-0.2, -0.15) is 0 Å². The average molecular weight is 413 g/mol. The molecule has 1 aliphatic heterocycles. The lowest BCUT2D eigenvalue weighted by atomic mass is 10.0. The van der Waals surface area contributed by atoms with Gasteiger partial charge in [-0.25, -0.2) is 9.18 Å². The number of carbonyl (C=O) groups is 2. The van der Waals surface area contributed by atoms with E-state index >= 15 is 0 Å². The molecule has 1 fully saturated rings. The molecule has 0 aromatic rings. The number of hydrogen-bond acceptors (Lipinski definition) is 5. The predicted octanol–water partition coefficient (Wildman–Crippen LogP) is 3.36. The highest BCUT2D eigenvalue weighted by Gasteiger charge is 2.26. The molecule has 1 N–H and O–H groups in total. The van der Waals surface area contributed by atoms with Gasteiger partial charge in [0.1, 0.15) is 24.8 Å². The zero-order valence-corrected chi connectivity index (χ0v) is 17.2. The summed E-state index contributed by atoms with van der Waals surface area (Å²) in [4.78, 5) is 24.9. The Morgan fingerprint density at radius 3 is 2.48 bits per heavy atom. The lowest BCUT2D eigenvalue weighted by molar-refractivity contribution is -0.125. The van der Waals surface area contributed by atoms with Crippen molar-refractivity contribution in [3.8, 4) is 0 Å². The molecule has 8 heteroatoms. The van der Waals surface area contributed by atoms with Crippen molar-refractivity contribution < 1.29 is 29.6 Å². The molecule has 2 amide bonds. The molecule has 1 saturated heterocycles. The molecule has 29 heavy (non-hydrogen) atoms. The summed E-state index contributed by atoms with van der Waals surface area (Å²) in [5.74, 6) is -0.312. The van der Waals surface area contributed by atoms with Gasteiger partial charge in [0.25, 0.3) is 0 Å². The number of nitrogens with zero attached hydrogens (tertiary/aromatic N) is 1. The third kappa shape index (κ3) is 9.43. The van der Waals surface area contributed by atoms with Crippen LogP contribution in [0.25, 0.3) is 0 Å². The van der Waals surface area contributed by atoms with Crippen molar-refractivity contribution >= 4 is 12.0 Å². The van der Waals surface area contributed by atoms with Gasteiger partial charge in [-0.05, 0) is 24.0 Å². The van der Waals surface area contributed by atoms with Crippen molar-refractivity contribution in [2.45, 2.75) is 26.3 Å². The number of nitrogens with one attached hydrogen (secondary N) is 1. The molecule has 1 heterocycles. The van der Waals surface area contributed by atoms with Crippen LogP contribution in [0.2, 0.25) is 0 Å². The molecular weight excluding hydrogens is 379 g/mol. The van der Waals surface area contributed by atoms with Gasteiger partial charge >= 0.3 is 6.09 Å². The van der Waals surface area contributed by atoms with E-state index in [0.717, 1.165) is 0 Å². The Labute approximate surface area is 173 Å². The number of alkyl carbamates (subject to hydrolysis) is 1. The van der Waals surface area contributed by atoms with Gasteiger partial charge in [0.15, 0.2) is 0 Å². The molecule has 0 aromatic heterocycles. The Kier molecular flexibility index (Phi) is 10.8. The lowest BCUT2D eigenvalue weighted by Gasteiger charge is -2.16. The van der Waals surface area contributed by atoms with E-state index in [4.69, 9.17) is 14.2 Å². The van der Waals surface area contributed by atoms with Crippen LogP contribution < -0.4 is 5.32 Å². The number of ether oxygens (including phenoxy) is 3. The van der Waals surface area contributed by atoms with Crippen molar-refractivity contribution in [2.24, 2.45) is 5.92 Å². The summed E-state index contributed by atoms with van der Waals surface area (Å²) >= 11 is 0. The second-order valence-electron chi connectivity index (χ2n) is 6.85. The fourth-order valence-electron chi connectivity index (χ4n) is 2.58. The third-order valence-corrected chi connectivity index (χ3v) is 4.24. The van der Waals surface area contributed by atoms with Crippen LogP contribution in [0.15, 0.2) is 49.0 Å².